The molecule has 1 amide bonds. The minimum absolute atomic E-state index is 0.161. The second-order valence-corrected chi connectivity index (χ2v) is 4.42. The number of rotatable bonds is 7. The summed E-state index contributed by atoms with van der Waals surface area (Å²) in [5, 5.41) is 40.2. The SMILES string of the molecule is CCC(O)C(O)C(O)C(O)CNC(=O)C(C)C. The van der Waals surface area contributed by atoms with E-state index in [9.17, 15) is 25.2 Å². The van der Waals surface area contributed by atoms with Crippen molar-refractivity contribution in [3.05, 3.63) is 0 Å². The molecule has 0 bridgehead atoms. The molecular weight excluding hydrogens is 226 g/mol. The molecule has 0 fully saturated rings. The number of amides is 1. The van der Waals surface area contributed by atoms with Crippen LogP contribution in [0.1, 0.15) is 27.2 Å². The Labute approximate surface area is 101 Å². The van der Waals surface area contributed by atoms with Gasteiger partial charge in [-0.25, -0.2) is 0 Å². The summed E-state index contributed by atoms with van der Waals surface area (Å²) in [4.78, 5) is 11.2. The zero-order valence-corrected chi connectivity index (χ0v) is 10.5. The molecule has 4 atom stereocenters. The summed E-state index contributed by atoms with van der Waals surface area (Å²) in [6.07, 6.45) is -5.05. The van der Waals surface area contributed by atoms with Crippen LogP contribution in [-0.2, 0) is 4.79 Å². The molecule has 0 rings (SSSR count). The summed E-state index contributed by atoms with van der Waals surface area (Å²) < 4.78 is 0. The van der Waals surface area contributed by atoms with Crippen molar-refractivity contribution >= 4 is 5.91 Å². The van der Waals surface area contributed by atoms with E-state index in [0.29, 0.717) is 0 Å². The molecule has 0 aliphatic rings. The molecule has 0 radical (unpaired) electrons. The number of hydrogen-bond acceptors (Lipinski definition) is 5. The summed E-state index contributed by atoms with van der Waals surface area (Å²) >= 11 is 0. The molecule has 0 spiro atoms. The Morgan fingerprint density at radius 1 is 1.06 bits per heavy atom. The van der Waals surface area contributed by atoms with Crippen molar-refractivity contribution in [1.82, 2.24) is 5.32 Å². The van der Waals surface area contributed by atoms with Crippen molar-refractivity contribution in [2.45, 2.75) is 51.6 Å². The minimum Gasteiger partial charge on any atom is -0.390 e. The number of nitrogens with one attached hydrogen (secondary N) is 1. The van der Waals surface area contributed by atoms with Gasteiger partial charge in [-0.2, -0.15) is 0 Å². The van der Waals surface area contributed by atoms with Gasteiger partial charge in [-0.05, 0) is 6.42 Å². The monoisotopic (exact) mass is 249 g/mol. The number of aliphatic hydroxyl groups is 4. The first-order valence-electron chi connectivity index (χ1n) is 5.81. The molecule has 0 heterocycles. The van der Waals surface area contributed by atoms with Crippen molar-refractivity contribution in [1.29, 1.82) is 0 Å². The van der Waals surface area contributed by atoms with E-state index in [1.54, 1.807) is 20.8 Å². The first kappa shape index (κ1) is 16.3. The van der Waals surface area contributed by atoms with Crippen LogP contribution in [0.15, 0.2) is 0 Å². The summed E-state index contributed by atoms with van der Waals surface area (Å²) in [5.74, 6) is -0.465. The van der Waals surface area contributed by atoms with Crippen LogP contribution in [-0.4, -0.2) is 57.3 Å². The first-order chi connectivity index (χ1) is 7.81. The van der Waals surface area contributed by atoms with Crippen molar-refractivity contribution in [2.75, 3.05) is 6.54 Å². The van der Waals surface area contributed by atoms with E-state index in [0.717, 1.165) is 0 Å². The lowest BCUT2D eigenvalue weighted by Gasteiger charge is -2.26. The molecule has 6 nitrogen and oxygen atoms in total. The van der Waals surface area contributed by atoms with E-state index in [2.05, 4.69) is 5.32 Å². The molecule has 5 N–H and O–H groups in total. The normalized spacial score (nSPS) is 18.6. The molecule has 6 heteroatoms. The highest BCUT2D eigenvalue weighted by Crippen LogP contribution is 2.07. The maximum absolute atomic E-state index is 11.2. The molecule has 0 aromatic heterocycles. The summed E-state index contributed by atoms with van der Waals surface area (Å²) in [7, 11) is 0. The largest absolute Gasteiger partial charge is 0.390 e. The fourth-order valence-electron chi connectivity index (χ4n) is 1.23. The van der Waals surface area contributed by atoms with E-state index >= 15 is 0 Å². The van der Waals surface area contributed by atoms with Gasteiger partial charge in [0.25, 0.3) is 0 Å². The van der Waals surface area contributed by atoms with Crippen LogP contribution in [0.4, 0.5) is 0 Å². The van der Waals surface area contributed by atoms with Gasteiger partial charge in [-0.15, -0.1) is 0 Å². The molecular formula is C11H23NO5. The van der Waals surface area contributed by atoms with Crippen LogP contribution >= 0.6 is 0 Å². The van der Waals surface area contributed by atoms with Gasteiger partial charge in [-0.3, -0.25) is 4.79 Å². The Kier molecular flexibility index (Phi) is 7.29. The van der Waals surface area contributed by atoms with E-state index < -0.39 is 24.4 Å². The Bertz CT molecular complexity index is 234. The number of hydrogen-bond donors (Lipinski definition) is 5. The average molecular weight is 249 g/mol. The Morgan fingerprint density at radius 3 is 1.94 bits per heavy atom. The van der Waals surface area contributed by atoms with Crippen LogP contribution in [0, 0.1) is 5.92 Å². The van der Waals surface area contributed by atoms with E-state index in [1.807, 2.05) is 0 Å². The molecule has 0 aliphatic heterocycles. The van der Waals surface area contributed by atoms with Crippen molar-refractivity contribution in [2.24, 2.45) is 5.92 Å². The van der Waals surface area contributed by atoms with Crippen LogP contribution in [0.2, 0.25) is 0 Å². The average Bonchev–Trinajstić information content (AvgIpc) is 2.32. The summed E-state index contributed by atoms with van der Waals surface area (Å²) in [6, 6.07) is 0. The summed E-state index contributed by atoms with van der Waals surface area (Å²) in [5.41, 5.74) is 0. The maximum Gasteiger partial charge on any atom is 0.222 e. The van der Waals surface area contributed by atoms with Gasteiger partial charge in [0.2, 0.25) is 5.91 Å². The van der Waals surface area contributed by atoms with Crippen molar-refractivity contribution in [3.63, 3.8) is 0 Å². The number of carbonyl (C=O) groups is 1. The van der Waals surface area contributed by atoms with Gasteiger partial charge in [0.1, 0.15) is 12.2 Å². The Balaban J connectivity index is 4.13. The fourth-order valence-corrected chi connectivity index (χ4v) is 1.23. The molecule has 0 aromatic carbocycles. The Morgan fingerprint density at radius 2 is 1.53 bits per heavy atom. The lowest BCUT2D eigenvalue weighted by molar-refractivity contribution is -0.127. The van der Waals surface area contributed by atoms with Crippen molar-refractivity contribution in [3.8, 4) is 0 Å². The molecule has 0 aliphatic carbocycles. The third kappa shape index (κ3) is 5.45. The van der Waals surface area contributed by atoms with Gasteiger partial charge in [0.05, 0.1) is 12.2 Å². The minimum atomic E-state index is -1.49. The molecule has 0 aromatic rings. The molecule has 102 valence electrons. The van der Waals surface area contributed by atoms with E-state index in [1.165, 1.54) is 0 Å². The fraction of sp³-hybridized carbons (Fsp3) is 0.909. The smallest absolute Gasteiger partial charge is 0.222 e. The zero-order chi connectivity index (χ0) is 13.6. The van der Waals surface area contributed by atoms with Crippen LogP contribution in [0.5, 0.6) is 0 Å². The van der Waals surface area contributed by atoms with Crippen LogP contribution in [0.25, 0.3) is 0 Å². The van der Waals surface area contributed by atoms with Gasteiger partial charge in [0.15, 0.2) is 0 Å². The maximum atomic E-state index is 11.2. The van der Waals surface area contributed by atoms with Crippen LogP contribution in [0.3, 0.4) is 0 Å². The lowest BCUT2D eigenvalue weighted by atomic mass is 10.0. The predicted molar refractivity (Wildman–Crippen MR) is 62.2 cm³/mol. The highest BCUT2D eigenvalue weighted by atomic mass is 16.4. The number of aliphatic hydroxyl groups excluding tert-OH is 4. The molecule has 0 saturated heterocycles. The summed E-state index contributed by atoms with van der Waals surface area (Å²) in [6.45, 7) is 4.89. The Hall–Kier alpha value is -0.690. The van der Waals surface area contributed by atoms with Gasteiger partial charge >= 0.3 is 0 Å². The molecule has 17 heavy (non-hydrogen) atoms. The third-order valence-corrected chi connectivity index (χ3v) is 2.57. The second-order valence-electron chi connectivity index (χ2n) is 4.42. The second kappa shape index (κ2) is 7.60. The molecule has 0 saturated carbocycles. The first-order valence-corrected chi connectivity index (χ1v) is 5.81. The molecule has 4 unspecified atom stereocenters. The van der Waals surface area contributed by atoms with E-state index in [-0.39, 0.29) is 24.8 Å². The topological polar surface area (TPSA) is 110 Å². The predicted octanol–water partition coefficient (Wildman–Crippen LogP) is -1.39. The highest BCUT2D eigenvalue weighted by molar-refractivity contribution is 5.77. The lowest BCUT2D eigenvalue weighted by Crippen LogP contribution is -2.49. The number of carbonyl (C=O) groups excluding carboxylic acids is 1. The van der Waals surface area contributed by atoms with Crippen molar-refractivity contribution < 1.29 is 25.2 Å². The van der Waals surface area contributed by atoms with Gasteiger partial charge in [-0.1, -0.05) is 20.8 Å². The van der Waals surface area contributed by atoms with Gasteiger partial charge in [0, 0.05) is 12.5 Å². The van der Waals surface area contributed by atoms with Gasteiger partial charge < -0.3 is 25.7 Å². The zero-order valence-electron chi connectivity index (χ0n) is 10.5. The standard InChI is InChI=1S/C11H23NO5/c1-4-7(13)9(15)10(16)8(14)5-12-11(17)6(2)3/h6-10,13-16H,4-5H2,1-3H3,(H,12,17). The quantitative estimate of drug-likeness (QED) is 0.382. The third-order valence-electron chi connectivity index (χ3n) is 2.57. The van der Waals surface area contributed by atoms with E-state index in [4.69, 9.17) is 0 Å². The van der Waals surface area contributed by atoms with Crippen LogP contribution < -0.4 is 5.32 Å². The highest BCUT2D eigenvalue weighted by Gasteiger charge is 2.29.